The van der Waals surface area contributed by atoms with Gasteiger partial charge in [-0.05, 0) is 43.7 Å². The van der Waals surface area contributed by atoms with Gasteiger partial charge in [-0.1, -0.05) is 41.7 Å². The van der Waals surface area contributed by atoms with Gasteiger partial charge in [-0.3, -0.25) is 14.2 Å². The summed E-state index contributed by atoms with van der Waals surface area (Å²) in [4.78, 5) is 42.9. The number of nitrogens with zero attached hydrogens (tertiary/aromatic N) is 2. The van der Waals surface area contributed by atoms with E-state index in [1.807, 2.05) is 24.3 Å². The average Bonchev–Trinajstić information content (AvgIpc) is 3.13. The number of thiazole rings is 1. The van der Waals surface area contributed by atoms with Crippen molar-refractivity contribution in [1.29, 1.82) is 0 Å². The summed E-state index contributed by atoms with van der Waals surface area (Å²) in [5, 5.41) is 0. The van der Waals surface area contributed by atoms with Crippen LogP contribution in [-0.2, 0) is 14.3 Å². The first-order valence-corrected chi connectivity index (χ1v) is 11.8. The van der Waals surface area contributed by atoms with Gasteiger partial charge in [-0.15, -0.1) is 0 Å². The summed E-state index contributed by atoms with van der Waals surface area (Å²) in [5.74, 6) is 0.0226. The second kappa shape index (κ2) is 10.1. The number of esters is 2. The van der Waals surface area contributed by atoms with Gasteiger partial charge < -0.3 is 14.2 Å². The fourth-order valence-corrected chi connectivity index (χ4v) is 4.96. The molecule has 2 heterocycles. The Morgan fingerprint density at radius 2 is 1.86 bits per heavy atom. The van der Waals surface area contributed by atoms with Crippen molar-refractivity contribution >= 4 is 29.4 Å². The highest BCUT2D eigenvalue weighted by Crippen LogP contribution is 2.31. The first-order chi connectivity index (χ1) is 16.8. The maximum atomic E-state index is 13.6. The van der Waals surface area contributed by atoms with Gasteiger partial charge in [0.1, 0.15) is 11.5 Å². The molecule has 2 aromatic carbocycles. The second-order valence-corrected chi connectivity index (χ2v) is 8.72. The number of benzene rings is 2. The molecule has 35 heavy (non-hydrogen) atoms. The van der Waals surface area contributed by atoms with E-state index in [2.05, 4.69) is 4.99 Å². The normalized spacial score (nSPS) is 15.3. The van der Waals surface area contributed by atoms with E-state index in [9.17, 15) is 14.4 Å². The van der Waals surface area contributed by atoms with Crippen molar-refractivity contribution in [1.82, 2.24) is 4.57 Å². The number of rotatable bonds is 6. The zero-order valence-electron chi connectivity index (χ0n) is 19.7. The maximum absolute atomic E-state index is 13.6. The molecule has 4 rings (SSSR count). The van der Waals surface area contributed by atoms with Gasteiger partial charge in [0.25, 0.3) is 5.56 Å². The van der Waals surface area contributed by atoms with E-state index < -0.39 is 18.0 Å². The van der Waals surface area contributed by atoms with Gasteiger partial charge in [0.15, 0.2) is 4.80 Å². The van der Waals surface area contributed by atoms with E-state index in [1.165, 1.54) is 22.8 Å². The summed E-state index contributed by atoms with van der Waals surface area (Å²) in [6, 6.07) is 13.3. The summed E-state index contributed by atoms with van der Waals surface area (Å²) < 4.78 is 17.8. The molecule has 0 N–H and O–H groups in total. The highest BCUT2D eigenvalue weighted by Gasteiger charge is 2.33. The Balaban J connectivity index is 1.92. The molecule has 0 fully saturated rings. The number of carbonyl (C=O) groups excluding carboxylic acids is 2. The molecule has 0 radical (unpaired) electrons. The number of para-hydroxylation sites is 1. The van der Waals surface area contributed by atoms with E-state index >= 15 is 0 Å². The lowest BCUT2D eigenvalue weighted by molar-refractivity contribution is -0.139. The van der Waals surface area contributed by atoms with E-state index in [4.69, 9.17) is 14.2 Å². The Kier molecular flexibility index (Phi) is 6.97. The Labute approximate surface area is 205 Å². The number of methoxy groups -OCH3 is 1. The average molecular weight is 493 g/mol. The molecular formula is C26H24N2O6S. The number of ether oxygens (including phenoxy) is 3. The van der Waals surface area contributed by atoms with Crippen LogP contribution in [0.25, 0.3) is 6.08 Å². The van der Waals surface area contributed by atoms with Crippen molar-refractivity contribution in [3.8, 4) is 11.5 Å². The molecule has 9 heteroatoms. The molecule has 0 spiro atoms. The van der Waals surface area contributed by atoms with Gasteiger partial charge in [0, 0.05) is 12.5 Å². The molecule has 180 valence electrons. The number of aromatic nitrogens is 1. The van der Waals surface area contributed by atoms with Gasteiger partial charge in [0.05, 0.1) is 35.6 Å². The Morgan fingerprint density at radius 3 is 2.51 bits per heavy atom. The first kappa shape index (κ1) is 24.2. The fraction of sp³-hybridized carbons (Fsp3) is 0.231. The minimum Gasteiger partial charge on any atom is -0.496 e. The third kappa shape index (κ3) is 4.81. The van der Waals surface area contributed by atoms with E-state index in [1.54, 1.807) is 51.3 Å². The van der Waals surface area contributed by atoms with Gasteiger partial charge in [-0.2, -0.15) is 0 Å². The van der Waals surface area contributed by atoms with Crippen molar-refractivity contribution in [2.45, 2.75) is 26.8 Å². The van der Waals surface area contributed by atoms with Crippen LogP contribution in [0.2, 0.25) is 0 Å². The van der Waals surface area contributed by atoms with Gasteiger partial charge in [0.2, 0.25) is 0 Å². The van der Waals surface area contributed by atoms with Crippen LogP contribution in [0.3, 0.4) is 0 Å². The molecule has 1 unspecified atom stereocenters. The highest BCUT2D eigenvalue weighted by atomic mass is 32.1. The third-order valence-electron chi connectivity index (χ3n) is 5.40. The van der Waals surface area contributed by atoms with Crippen LogP contribution in [0.1, 0.15) is 37.9 Å². The smallest absolute Gasteiger partial charge is 0.338 e. The number of hydrogen-bond acceptors (Lipinski definition) is 8. The molecule has 1 aliphatic rings. The lowest BCUT2D eigenvalue weighted by Crippen LogP contribution is -2.39. The number of allylic oxidation sites excluding steroid dienone is 1. The summed E-state index contributed by atoms with van der Waals surface area (Å²) in [6.07, 6.45) is 1.76. The number of carbonyl (C=O) groups is 2. The number of fused-ring (bicyclic) bond motifs is 1. The van der Waals surface area contributed by atoms with Crippen LogP contribution in [0.15, 0.2) is 69.6 Å². The lowest BCUT2D eigenvalue weighted by atomic mass is 9.96. The van der Waals surface area contributed by atoms with Crippen molar-refractivity contribution < 1.29 is 23.8 Å². The second-order valence-electron chi connectivity index (χ2n) is 7.71. The molecule has 3 aromatic rings. The number of hydrogen-bond donors (Lipinski definition) is 0. The standard InChI is InChI=1S/C26H24N2O6S/c1-5-33-25(31)22-15(2)27-26-28(23(22)17-10-12-19(13-11-17)34-16(3)29)24(30)21(35-26)14-18-8-6-7-9-20(18)32-4/h6-14,23H,5H2,1-4H3/b21-14+. The third-order valence-corrected chi connectivity index (χ3v) is 6.38. The van der Waals surface area contributed by atoms with Crippen molar-refractivity contribution in [2.75, 3.05) is 13.7 Å². The van der Waals surface area contributed by atoms with Crippen molar-refractivity contribution in [2.24, 2.45) is 4.99 Å². The zero-order chi connectivity index (χ0) is 25.1. The summed E-state index contributed by atoms with van der Waals surface area (Å²) in [6.45, 7) is 4.95. The Bertz CT molecular complexity index is 1500. The van der Waals surface area contributed by atoms with Crippen LogP contribution in [0.5, 0.6) is 11.5 Å². The molecule has 0 saturated carbocycles. The van der Waals surface area contributed by atoms with Crippen molar-refractivity contribution in [3.05, 3.63) is 90.6 Å². The molecule has 1 aromatic heterocycles. The molecule has 1 atom stereocenters. The first-order valence-electron chi connectivity index (χ1n) is 10.9. The van der Waals surface area contributed by atoms with Crippen LogP contribution in [-0.4, -0.2) is 30.2 Å². The maximum Gasteiger partial charge on any atom is 0.338 e. The minimum atomic E-state index is -0.753. The predicted molar refractivity (Wildman–Crippen MR) is 131 cm³/mol. The molecule has 8 nitrogen and oxygen atoms in total. The fourth-order valence-electron chi connectivity index (χ4n) is 3.92. The van der Waals surface area contributed by atoms with Gasteiger partial charge in [-0.25, -0.2) is 9.79 Å². The summed E-state index contributed by atoms with van der Waals surface area (Å²) in [7, 11) is 1.57. The monoisotopic (exact) mass is 492 g/mol. The van der Waals surface area contributed by atoms with Crippen molar-refractivity contribution in [3.63, 3.8) is 0 Å². The summed E-state index contributed by atoms with van der Waals surface area (Å²) in [5.41, 5.74) is 1.88. The zero-order valence-corrected chi connectivity index (χ0v) is 20.5. The highest BCUT2D eigenvalue weighted by molar-refractivity contribution is 7.07. The van der Waals surface area contributed by atoms with Crippen LogP contribution < -0.4 is 24.4 Å². The van der Waals surface area contributed by atoms with Crippen LogP contribution in [0.4, 0.5) is 0 Å². The van der Waals surface area contributed by atoms with Crippen LogP contribution in [0, 0.1) is 0 Å². The van der Waals surface area contributed by atoms with Gasteiger partial charge >= 0.3 is 11.9 Å². The topological polar surface area (TPSA) is 96.2 Å². The predicted octanol–water partition coefficient (Wildman–Crippen LogP) is 2.73. The quantitative estimate of drug-likeness (QED) is 0.388. The molecule has 0 aliphatic carbocycles. The van der Waals surface area contributed by atoms with E-state index in [0.29, 0.717) is 32.1 Å². The molecule has 0 amide bonds. The SMILES string of the molecule is CCOC(=O)C1=C(C)N=c2s/c(=C/c3ccccc3OC)c(=O)n2C1c1ccc(OC(C)=O)cc1. The molecule has 0 saturated heterocycles. The Morgan fingerprint density at radius 1 is 1.14 bits per heavy atom. The Hall–Kier alpha value is -3.98. The molecule has 0 bridgehead atoms. The van der Waals surface area contributed by atoms with E-state index in [-0.39, 0.29) is 17.7 Å². The van der Waals surface area contributed by atoms with E-state index in [0.717, 1.165) is 5.56 Å². The van der Waals surface area contributed by atoms with Crippen LogP contribution >= 0.6 is 11.3 Å². The minimum absolute atomic E-state index is 0.186. The largest absolute Gasteiger partial charge is 0.496 e. The lowest BCUT2D eigenvalue weighted by Gasteiger charge is -2.24. The summed E-state index contributed by atoms with van der Waals surface area (Å²) >= 11 is 1.23. The molecular weight excluding hydrogens is 468 g/mol. The molecule has 1 aliphatic heterocycles.